The Morgan fingerprint density at radius 3 is 3.10 bits per heavy atom. The molecule has 20 heavy (non-hydrogen) atoms. The van der Waals surface area contributed by atoms with Crippen LogP contribution < -0.4 is 5.32 Å². The average Bonchev–Trinajstić information content (AvgIpc) is 2.83. The van der Waals surface area contributed by atoms with Crippen LogP contribution in [0.3, 0.4) is 0 Å². The van der Waals surface area contributed by atoms with Crippen molar-refractivity contribution in [2.75, 3.05) is 19.6 Å². The van der Waals surface area contributed by atoms with Crippen LogP contribution in [-0.2, 0) is 11.2 Å². The van der Waals surface area contributed by atoms with Crippen molar-refractivity contribution in [2.45, 2.75) is 38.6 Å². The van der Waals surface area contributed by atoms with Gasteiger partial charge in [-0.2, -0.15) is 0 Å². The van der Waals surface area contributed by atoms with Crippen molar-refractivity contribution in [3.63, 3.8) is 0 Å². The number of nitrogens with zero attached hydrogens (tertiary/aromatic N) is 1. The first kappa shape index (κ1) is 15.0. The molecule has 0 spiro atoms. The highest BCUT2D eigenvalue weighted by molar-refractivity contribution is 5.78. The molecule has 1 heterocycles. The molecule has 0 aromatic heterocycles. The molecule has 0 bridgehead atoms. The van der Waals surface area contributed by atoms with Crippen LogP contribution in [0.4, 0.5) is 4.39 Å². The molecular formula is C16H23FN2O. The molecule has 1 aliphatic rings. The summed E-state index contributed by atoms with van der Waals surface area (Å²) in [6, 6.07) is 7.11. The van der Waals surface area contributed by atoms with E-state index in [1.54, 1.807) is 12.1 Å². The Morgan fingerprint density at radius 1 is 1.50 bits per heavy atom. The Kier molecular flexibility index (Phi) is 5.53. The van der Waals surface area contributed by atoms with E-state index in [9.17, 15) is 9.18 Å². The van der Waals surface area contributed by atoms with Gasteiger partial charge in [0.1, 0.15) is 5.82 Å². The molecule has 1 aromatic rings. The molecule has 1 unspecified atom stereocenters. The maximum Gasteiger partial charge on any atom is 0.234 e. The van der Waals surface area contributed by atoms with Gasteiger partial charge in [-0.25, -0.2) is 4.39 Å². The van der Waals surface area contributed by atoms with Crippen molar-refractivity contribution < 1.29 is 9.18 Å². The van der Waals surface area contributed by atoms with Gasteiger partial charge >= 0.3 is 0 Å². The summed E-state index contributed by atoms with van der Waals surface area (Å²) in [5.74, 6) is -0.0919. The topological polar surface area (TPSA) is 32.3 Å². The molecule has 1 saturated heterocycles. The Labute approximate surface area is 120 Å². The van der Waals surface area contributed by atoms with Crippen LogP contribution in [0, 0.1) is 5.82 Å². The van der Waals surface area contributed by atoms with E-state index in [0.717, 1.165) is 44.3 Å². The lowest BCUT2D eigenvalue weighted by Crippen LogP contribution is -2.40. The molecule has 1 amide bonds. The average molecular weight is 278 g/mol. The zero-order valence-electron chi connectivity index (χ0n) is 12.1. The van der Waals surface area contributed by atoms with Crippen LogP contribution >= 0.6 is 0 Å². The van der Waals surface area contributed by atoms with Gasteiger partial charge in [-0.05, 0) is 49.9 Å². The summed E-state index contributed by atoms with van der Waals surface area (Å²) >= 11 is 0. The minimum atomic E-state index is -0.187. The minimum Gasteiger partial charge on any atom is -0.355 e. The predicted molar refractivity (Wildman–Crippen MR) is 78.0 cm³/mol. The Bertz CT molecular complexity index is 450. The second-order valence-corrected chi connectivity index (χ2v) is 5.45. The van der Waals surface area contributed by atoms with Crippen molar-refractivity contribution in [1.29, 1.82) is 0 Å². The number of hydrogen-bond donors (Lipinski definition) is 1. The number of halogens is 1. The van der Waals surface area contributed by atoms with Gasteiger partial charge < -0.3 is 5.32 Å². The highest BCUT2D eigenvalue weighted by Crippen LogP contribution is 2.21. The number of benzene rings is 1. The van der Waals surface area contributed by atoms with Crippen LogP contribution in [0.1, 0.15) is 31.7 Å². The van der Waals surface area contributed by atoms with E-state index in [-0.39, 0.29) is 11.7 Å². The third-order valence-corrected chi connectivity index (χ3v) is 3.78. The van der Waals surface area contributed by atoms with Gasteiger partial charge in [0.25, 0.3) is 0 Å². The van der Waals surface area contributed by atoms with Crippen molar-refractivity contribution in [2.24, 2.45) is 0 Å². The van der Waals surface area contributed by atoms with E-state index in [4.69, 9.17) is 0 Å². The van der Waals surface area contributed by atoms with E-state index >= 15 is 0 Å². The fraction of sp³-hybridized carbons (Fsp3) is 0.562. The fourth-order valence-corrected chi connectivity index (χ4v) is 2.78. The number of carbonyl (C=O) groups is 1. The van der Waals surface area contributed by atoms with E-state index < -0.39 is 0 Å². The number of likely N-dealkylation sites (tertiary alicyclic amines) is 1. The Hall–Kier alpha value is -1.42. The van der Waals surface area contributed by atoms with E-state index in [2.05, 4.69) is 10.2 Å². The lowest BCUT2D eigenvalue weighted by Gasteiger charge is -2.24. The third kappa shape index (κ3) is 4.30. The molecule has 1 fully saturated rings. The van der Waals surface area contributed by atoms with Gasteiger partial charge in [0.2, 0.25) is 5.91 Å². The van der Waals surface area contributed by atoms with Crippen LogP contribution in [0.5, 0.6) is 0 Å². The monoisotopic (exact) mass is 278 g/mol. The van der Waals surface area contributed by atoms with Gasteiger partial charge in [-0.15, -0.1) is 0 Å². The molecule has 2 rings (SSSR count). The van der Waals surface area contributed by atoms with Crippen molar-refractivity contribution in [3.8, 4) is 0 Å². The molecule has 110 valence electrons. The number of nitrogens with one attached hydrogen (secondary N) is 1. The largest absolute Gasteiger partial charge is 0.355 e. The van der Waals surface area contributed by atoms with Crippen LogP contribution in [0.25, 0.3) is 0 Å². The normalized spacial score (nSPS) is 19.2. The van der Waals surface area contributed by atoms with E-state index in [1.165, 1.54) is 6.07 Å². The summed E-state index contributed by atoms with van der Waals surface area (Å²) in [5.41, 5.74) is 1.01. The second-order valence-electron chi connectivity index (χ2n) is 5.45. The molecular weight excluding hydrogens is 255 g/mol. The summed E-state index contributed by atoms with van der Waals surface area (Å²) in [6.45, 7) is 4.20. The third-order valence-electron chi connectivity index (χ3n) is 3.78. The summed E-state index contributed by atoms with van der Waals surface area (Å²) < 4.78 is 13.2. The standard InChI is InChI=1S/C16H23FN2O/c1-2-8-18-16(20)12-19-9-4-7-15(19)11-13-5-3-6-14(17)10-13/h3,5-6,10,15H,2,4,7-9,11-12H2,1H3,(H,18,20). The Balaban J connectivity index is 1.89. The molecule has 3 nitrogen and oxygen atoms in total. The molecule has 1 atom stereocenters. The first-order valence-electron chi connectivity index (χ1n) is 7.44. The van der Waals surface area contributed by atoms with Crippen LogP contribution in [-0.4, -0.2) is 36.5 Å². The van der Waals surface area contributed by atoms with Crippen molar-refractivity contribution >= 4 is 5.91 Å². The van der Waals surface area contributed by atoms with E-state index in [1.807, 2.05) is 13.0 Å². The van der Waals surface area contributed by atoms with Crippen LogP contribution in [0.15, 0.2) is 24.3 Å². The highest BCUT2D eigenvalue weighted by Gasteiger charge is 2.26. The smallest absolute Gasteiger partial charge is 0.234 e. The molecule has 0 saturated carbocycles. The maximum atomic E-state index is 13.2. The lowest BCUT2D eigenvalue weighted by atomic mass is 10.0. The number of hydrogen-bond acceptors (Lipinski definition) is 2. The van der Waals surface area contributed by atoms with Crippen LogP contribution in [0.2, 0.25) is 0 Å². The molecule has 4 heteroatoms. The first-order valence-corrected chi connectivity index (χ1v) is 7.44. The predicted octanol–water partition coefficient (Wildman–Crippen LogP) is 2.36. The number of rotatable bonds is 6. The molecule has 1 N–H and O–H groups in total. The van der Waals surface area contributed by atoms with Gasteiger partial charge in [0.05, 0.1) is 6.54 Å². The van der Waals surface area contributed by atoms with Gasteiger partial charge in [-0.1, -0.05) is 19.1 Å². The molecule has 1 aromatic carbocycles. The van der Waals surface area contributed by atoms with E-state index in [0.29, 0.717) is 12.6 Å². The fourth-order valence-electron chi connectivity index (χ4n) is 2.78. The highest BCUT2D eigenvalue weighted by atomic mass is 19.1. The zero-order chi connectivity index (χ0) is 14.4. The first-order chi connectivity index (χ1) is 9.69. The number of carbonyl (C=O) groups excluding carboxylic acids is 1. The summed E-state index contributed by atoms with van der Waals surface area (Å²) in [7, 11) is 0. The van der Waals surface area contributed by atoms with Gasteiger partial charge in [0, 0.05) is 12.6 Å². The lowest BCUT2D eigenvalue weighted by molar-refractivity contribution is -0.122. The van der Waals surface area contributed by atoms with Gasteiger partial charge in [0.15, 0.2) is 0 Å². The zero-order valence-corrected chi connectivity index (χ0v) is 12.1. The Morgan fingerprint density at radius 2 is 2.35 bits per heavy atom. The molecule has 0 aliphatic carbocycles. The second kappa shape index (κ2) is 7.39. The minimum absolute atomic E-state index is 0.0954. The maximum absolute atomic E-state index is 13.2. The summed E-state index contributed by atoms with van der Waals surface area (Å²) in [5, 5.41) is 2.91. The van der Waals surface area contributed by atoms with Gasteiger partial charge in [-0.3, -0.25) is 9.69 Å². The van der Waals surface area contributed by atoms with Crippen molar-refractivity contribution in [1.82, 2.24) is 10.2 Å². The molecule has 1 aliphatic heterocycles. The SMILES string of the molecule is CCCNC(=O)CN1CCCC1Cc1cccc(F)c1. The number of amides is 1. The quantitative estimate of drug-likeness (QED) is 0.866. The summed E-state index contributed by atoms with van der Waals surface area (Å²) in [4.78, 5) is 14.0. The van der Waals surface area contributed by atoms with Crippen molar-refractivity contribution in [3.05, 3.63) is 35.6 Å². The molecule has 0 radical (unpaired) electrons. The summed E-state index contributed by atoms with van der Waals surface area (Å²) in [6.07, 6.45) is 3.97.